The molecule has 1 heterocycles. The van der Waals surface area contributed by atoms with E-state index < -0.39 is 17.6 Å². The average Bonchev–Trinajstić information content (AvgIpc) is 3.08. The number of nitrogens with one attached hydrogen (secondary N) is 1. The van der Waals surface area contributed by atoms with Gasteiger partial charge in [0.15, 0.2) is 0 Å². The van der Waals surface area contributed by atoms with E-state index in [1.807, 2.05) is 0 Å². The first-order valence-electron chi connectivity index (χ1n) is 9.99. The minimum absolute atomic E-state index is 0.0397. The predicted octanol–water partition coefficient (Wildman–Crippen LogP) is 4.25. The second kappa shape index (κ2) is 9.04. The van der Waals surface area contributed by atoms with Crippen molar-refractivity contribution in [1.82, 2.24) is 0 Å². The maximum atomic E-state index is 13.6. The Morgan fingerprint density at radius 3 is 2.03 bits per heavy atom. The molecule has 0 radical (unpaired) electrons. The van der Waals surface area contributed by atoms with Crippen molar-refractivity contribution in [3.8, 4) is 17.2 Å². The second-order valence-electron chi connectivity index (χ2n) is 7.10. The molecular weight excluding hydrogens is 427 g/mol. The Hall–Kier alpha value is -4.33. The van der Waals surface area contributed by atoms with Crippen LogP contribution in [0.25, 0.3) is 5.57 Å². The first kappa shape index (κ1) is 21.9. The van der Waals surface area contributed by atoms with E-state index in [1.165, 1.54) is 45.6 Å². The maximum absolute atomic E-state index is 13.6. The summed E-state index contributed by atoms with van der Waals surface area (Å²) in [6, 6.07) is 17.1. The molecule has 1 aliphatic rings. The van der Waals surface area contributed by atoms with Gasteiger partial charge < -0.3 is 19.5 Å². The lowest BCUT2D eigenvalue weighted by Crippen LogP contribution is -2.32. The summed E-state index contributed by atoms with van der Waals surface area (Å²) >= 11 is 0. The topological polar surface area (TPSA) is 77.1 Å². The lowest BCUT2D eigenvalue weighted by atomic mass is 10.0. The molecule has 0 bridgehead atoms. The van der Waals surface area contributed by atoms with E-state index in [9.17, 15) is 14.0 Å². The highest BCUT2D eigenvalue weighted by Gasteiger charge is 2.41. The first-order valence-corrected chi connectivity index (χ1v) is 9.99. The van der Waals surface area contributed by atoms with Crippen LogP contribution in [0.5, 0.6) is 17.2 Å². The number of ether oxygens (including phenoxy) is 3. The molecule has 0 saturated carbocycles. The zero-order valence-corrected chi connectivity index (χ0v) is 18.2. The monoisotopic (exact) mass is 448 g/mol. The number of amides is 2. The molecule has 0 spiro atoms. The largest absolute Gasteiger partial charge is 0.497 e. The van der Waals surface area contributed by atoms with Crippen LogP contribution in [0.4, 0.5) is 15.8 Å². The zero-order chi connectivity index (χ0) is 23.5. The van der Waals surface area contributed by atoms with Crippen molar-refractivity contribution in [1.29, 1.82) is 0 Å². The fourth-order valence-corrected chi connectivity index (χ4v) is 3.57. The van der Waals surface area contributed by atoms with Crippen LogP contribution in [0.2, 0.25) is 0 Å². The fraction of sp³-hybridized carbons (Fsp3) is 0.120. The molecule has 0 aliphatic carbocycles. The van der Waals surface area contributed by atoms with Gasteiger partial charge in [-0.05, 0) is 29.8 Å². The van der Waals surface area contributed by atoms with E-state index in [0.29, 0.717) is 28.5 Å². The molecule has 33 heavy (non-hydrogen) atoms. The molecule has 1 aliphatic heterocycles. The van der Waals surface area contributed by atoms with Gasteiger partial charge >= 0.3 is 0 Å². The van der Waals surface area contributed by atoms with Gasteiger partial charge in [-0.15, -0.1) is 0 Å². The normalized spacial score (nSPS) is 13.4. The SMILES string of the molecule is COc1cc(OC)cc(N2C(=O)C(Nc3ccccc3OC)=C(c3ccc(F)cc3)C2=O)c1. The summed E-state index contributed by atoms with van der Waals surface area (Å²) in [5, 5.41) is 3.05. The summed E-state index contributed by atoms with van der Waals surface area (Å²) in [6.45, 7) is 0. The Morgan fingerprint density at radius 1 is 0.788 bits per heavy atom. The summed E-state index contributed by atoms with van der Waals surface area (Å²) in [7, 11) is 4.46. The molecule has 7 nitrogen and oxygen atoms in total. The van der Waals surface area contributed by atoms with Gasteiger partial charge in [0.1, 0.15) is 28.8 Å². The van der Waals surface area contributed by atoms with Crippen molar-refractivity contribution in [3.05, 3.63) is 83.8 Å². The van der Waals surface area contributed by atoms with Crippen molar-refractivity contribution in [2.24, 2.45) is 0 Å². The smallest absolute Gasteiger partial charge is 0.282 e. The summed E-state index contributed by atoms with van der Waals surface area (Å²) in [6.07, 6.45) is 0. The van der Waals surface area contributed by atoms with Crippen molar-refractivity contribution in [3.63, 3.8) is 0 Å². The summed E-state index contributed by atoms with van der Waals surface area (Å²) < 4.78 is 29.5. The number of rotatable bonds is 7. The van der Waals surface area contributed by atoms with Crippen molar-refractivity contribution < 1.29 is 28.2 Å². The van der Waals surface area contributed by atoms with Crippen LogP contribution < -0.4 is 24.4 Å². The Labute approximate surface area is 190 Å². The number of halogens is 1. The van der Waals surface area contributed by atoms with Crippen LogP contribution in [0.3, 0.4) is 0 Å². The molecule has 4 rings (SSSR count). The lowest BCUT2D eigenvalue weighted by Gasteiger charge is -2.18. The van der Waals surface area contributed by atoms with Crippen LogP contribution in [0.1, 0.15) is 5.56 Å². The van der Waals surface area contributed by atoms with Crippen molar-refractivity contribution in [2.75, 3.05) is 31.5 Å². The van der Waals surface area contributed by atoms with Gasteiger partial charge in [0.2, 0.25) is 0 Å². The van der Waals surface area contributed by atoms with E-state index in [1.54, 1.807) is 42.5 Å². The number of carbonyl (C=O) groups excluding carboxylic acids is 2. The molecule has 0 aromatic heterocycles. The Morgan fingerprint density at radius 2 is 1.42 bits per heavy atom. The van der Waals surface area contributed by atoms with Gasteiger partial charge in [0.25, 0.3) is 11.8 Å². The number of nitrogens with zero attached hydrogens (tertiary/aromatic N) is 1. The molecule has 0 saturated heterocycles. The van der Waals surface area contributed by atoms with E-state index >= 15 is 0 Å². The summed E-state index contributed by atoms with van der Waals surface area (Å²) in [5.41, 5.74) is 1.31. The van der Waals surface area contributed by atoms with Crippen LogP contribution in [-0.2, 0) is 9.59 Å². The molecular formula is C25H21FN2O5. The highest BCUT2D eigenvalue weighted by Crippen LogP contribution is 2.38. The molecule has 1 N–H and O–H groups in total. The van der Waals surface area contributed by atoms with E-state index in [2.05, 4.69) is 5.32 Å². The van der Waals surface area contributed by atoms with Crippen LogP contribution in [-0.4, -0.2) is 33.1 Å². The van der Waals surface area contributed by atoms with E-state index in [4.69, 9.17) is 14.2 Å². The van der Waals surface area contributed by atoms with Gasteiger partial charge in [-0.1, -0.05) is 24.3 Å². The van der Waals surface area contributed by atoms with Crippen LogP contribution in [0, 0.1) is 5.82 Å². The number of hydrogen-bond acceptors (Lipinski definition) is 6. The standard InChI is InChI=1S/C25H21FN2O5/c1-31-18-12-17(13-19(14-18)32-2)28-24(29)22(15-8-10-16(26)11-9-15)23(25(28)30)27-20-6-4-5-7-21(20)33-3/h4-14,27H,1-3H3. The minimum Gasteiger partial charge on any atom is -0.497 e. The van der Waals surface area contributed by atoms with Gasteiger partial charge in [-0.25, -0.2) is 9.29 Å². The Balaban J connectivity index is 1.85. The molecule has 3 aromatic carbocycles. The summed E-state index contributed by atoms with van der Waals surface area (Å²) in [4.78, 5) is 28.1. The second-order valence-corrected chi connectivity index (χ2v) is 7.10. The van der Waals surface area contributed by atoms with Gasteiger partial charge in [0, 0.05) is 18.2 Å². The third kappa shape index (κ3) is 4.10. The molecule has 0 unspecified atom stereocenters. The number of para-hydroxylation sites is 2. The molecule has 2 amide bonds. The molecule has 8 heteroatoms. The number of carbonyl (C=O) groups is 2. The zero-order valence-electron chi connectivity index (χ0n) is 18.2. The molecule has 168 valence electrons. The third-order valence-electron chi connectivity index (χ3n) is 5.18. The van der Waals surface area contributed by atoms with Crippen molar-refractivity contribution >= 4 is 28.8 Å². The fourth-order valence-electron chi connectivity index (χ4n) is 3.57. The van der Waals surface area contributed by atoms with Crippen LogP contribution in [0.15, 0.2) is 72.4 Å². The highest BCUT2D eigenvalue weighted by molar-refractivity contribution is 6.46. The minimum atomic E-state index is -0.583. The Bertz CT molecular complexity index is 1230. The quantitative estimate of drug-likeness (QED) is 0.545. The number of methoxy groups -OCH3 is 3. The maximum Gasteiger partial charge on any atom is 0.282 e. The first-order chi connectivity index (χ1) is 16.0. The number of anilines is 2. The van der Waals surface area contributed by atoms with Gasteiger partial charge in [-0.3, -0.25) is 9.59 Å². The molecule has 0 fully saturated rings. The average molecular weight is 448 g/mol. The highest BCUT2D eigenvalue weighted by atomic mass is 19.1. The van der Waals surface area contributed by atoms with Crippen LogP contribution >= 0.6 is 0 Å². The van der Waals surface area contributed by atoms with E-state index in [-0.39, 0.29) is 17.0 Å². The number of hydrogen-bond donors (Lipinski definition) is 1. The third-order valence-corrected chi connectivity index (χ3v) is 5.18. The Kier molecular flexibility index (Phi) is 5.99. The van der Waals surface area contributed by atoms with E-state index in [0.717, 1.165) is 4.90 Å². The lowest BCUT2D eigenvalue weighted by molar-refractivity contribution is -0.120. The molecule has 0 atom stereocenters. The number of imide groups is 1. The predicted molar refractivity (Wildman–Crippen MR) is 122 cm³/mol. The molecule has 3 aromatic rings. The summed E-state index contributed by atoms with van der Waals surface area (Å²) in [5.74, 6) is -0.284. The number of benzene rings is 3. The van der Waals surface area contributed by atoms with Gasteiger partial charge in [-0.2, -0.15) is 0 Å². The van der Waals surface area contributed by atoms with Crippen molar-refractivity contribution in [2.45, 2.75) is 0 Å². The van der Waals surface area contributed by atoms with Gasteiger partial charge in [0.05, 0.1) is 38.3 Å².